The van der Waals surface area contributed by atoms with Gasteiger partial charge in [-0.2, -0.15) is 0 Å². The van der Waals surface area contributed by atoms with Crippen LogP contribution in [-0.4, -0.2) is 26.7 Å². The molecule has 1 aromatic carbocycles. The van der Waals surface area contributed by atoms with Gasteiger partial charge >= 0.3 is 0 Å². The number of rotatable bonds is 8. The van der Waals surface area contributed by atoms with E-state index in [-0.39, 0.29) is 17.5 Å². The second-order valence-corrected chi connectivity index (χ2v) is 7.37. The lowest BCUT2D eigenvalue weighted by atomic mass is 10.2. The van der Waals surface area contributed by atoms with Crippen molar-refractivity contribution < 1.29 is 17.9 Å². The van der Waals surface area contributed by atoms with Gasteiger partial charge in [0.15, 0.2) is 11.5 Å². The van der Waals surface area contributed by atoms with Crippen molar-refractivity contribution in [2.24, 2.45) is 0 Å². The summed E-state index contributed by atoms with van der Waals surface area (Å²) >= 11 is 0. The van der Waals surface area contributed by atoms with E-state index in [0.29, 0.717) is 11.5 Å². The van der Waals surface area contributed by atoms with Crippen molar-refractivity contribution in [1.82, 2.24) is 4.98 Å². The van der Waals surface area contributed by atoms with Crippen molar-refractivity contribution in [1.29, 1.82) is 0 Å². The third-order valence-corrected chi connectivity index (χ3v) is 5.12. The fourth-order valence-electron chi connectivity index (χ4n) is 2.41. The average molecular weight is 363 g/mol. The van der Waals surface area contributed by atoms with Crippen LogP contribution >= 0.6 is 0 Å². The van der Waals surface area contributed by atoms with Crippen molar-refractivity contribution in [3.63, 3.8) is 0 Å². The highest BCUT2D eigenvalue weighted by atomic mass is 32.2. The molecule has 0 spiro atoms. The molecule has 2 N–H and O–H groups in total. The van der Waals surface area contributed by atoms with Crippen molar-refractivity contribution in [3.8, 4) is 11.5 Å². The Morgan fingerprint density at radius 3 is 2.72 bits per heavy atom. The number of fused-ring (bicyclic) bond motifs is 1. The Balaban J connectivity index is 1.64. The number of aromatic nitrogens is 1. The molecule has 1 aliphatic heterocycles. The van der Waals surface area contributed by atoms with Crippen LogP contribution < -0.4 is 19.5 Å². The van der Waals surface area contributed by atoms with Gasteiger partial charge in [0, 0.05) is 12.6 Å². The van der Waals surface area contributed by atoms with Crippen molar-refractivity contribution in [3.05, 3.63) is 36.5 Å². The molecule has 3 rings (SSSR count). The van der Waals surface area contributed by atoms with Gasteiger partial charge < -0.3 is 14.8 Å². The van der Waals surface area contributed by atoms with E-state index in [2.05, 4.69) is 21.9 Å². The van der Waals surface area contributed by atoms with E-state index in [1.807, 2.05) is 0 Å². The summed E-state index contributed by atoms with van der Waals surface area (Å²) in [5.41, 5.74) is 0.863. The van der Waals surface area contributed by atoms with Crippen LogP contribution in [0.4, 0.5) is 11.5 Å². The van der Waals surface area contributed by atoms with E-state index in [9.17, 15) is 8.42 Å². The standard InChI is InChI=1S/C17H21N3O4S/c1-2-3-4-9-18-13-5-8-17(19-11-13)20-25(21,22)14-6-7-15-16(10-14)24-12-23-15/h5-8,10-11,18H,2-4,9,12H2,1H3,(H,19,20). The Morgan fingerprint density at radius 2 is 1.96 bits per heavy atom. The summed E-state index contributed by atoms with van der Waals surface area (Å²) in [7, 11) is -3.74. The maximum Gasteiger partial charge on any atom is 0.263 e. The van der Waals surface area contributed by atoms with E-state index in [4.69, 9.17) is 9.47 Å². The molecule has 7 nitrogen and oxygen atoms in total. The molecule has 0 bridgehead atoms. The van der Waals surface area contributed by atoms with Gasteiger partial charge in [-0.25, -0.2) is 13.4 Å². The lowest BCUT2D eigenvalue weighted by Gasteiger charge is -2.09. The minimum atomic E-state index is -3.74. The molecule has 0 atom stereocenters. The van der Waals surface area contributed by atoms with Gasteiger partial charge in [0.05, 0.1) is 16.8 Å². The molecule has 1 aliphatic rings. The molecule has 0 radical (unpaired) electrons. The summed E-state index contributed by atoms with van der Waals surface area (Å²) < 4.78 is 37.8. The van der Waals surface area contributed by atoms with Gasteiger partial charge in [0.2, 0.25) is 6.79 Å². The van der Waals surface area contributed by atoms with Crippen LogP contribution in [0.3, 0.4) is 0 Å². The number of hydrogen-bond donors (Lipinski definition) is 2. The summed E-state index contributed by atoms with van der Waals surface area (Å²) in [6.45, 7) is 3.13. The van der Waals surface area contributed by atoms with Crippen LogP contribution in [0, 0.1) is 0 Å². The normalized spacial score (nSPS) is 12.8. The second-order valence-electron chi connectivity index (χ2n) is 5.69. The summed E-state index contributed by atoms with van der Waals surface area (Å²) in [5, 5.41) is 3.26. The van der Waals surface area contributed by atoms with Crippen molar-refractivity contribution in [2.75, 3.05) is 23.4 Å². The van der Waals surface area contributed by atoms with Crippen LogP contribution in [0.1, 0.15) is 26.2 Å². The number of unbranched alkanes of at least 4 members (excludes halogenated alkanes) is 2. The first kappa shape index (κ1) is 17.3. The largest absolute Gasteiger partial charge is 0.454 e. The molecular weight excluding hydrogens is 342 g/mol. The second kappa shape index (κ2) is 7.60. The predicted octanol–water partition coefficient (Wildman–Crippen LogP) is 3.21. The highest BCUT2D eigenvalue weighted by Gasteiger charge is 2.20. The van der Waals surface area contributed by atoms with Crippen LogP contribution in [0.5, 0.6) is 11.5 Å². The molecule has 0 saturated heterocycles. The first-order chi connectivity index (χ1) is 12.1. The Kier molecular flexibility index (Phi) is 5.28. The molecule has 0 amide bonds. The SMILES string of the molecule is CCCCCNc1ccc(NS(=O)(=O)c2ccc3c(c2)OCO3)nc1. The van der Waals surface area contributed by atoms with Crippen molar-refractivity contribution >= 4 is 21.5 Å². The molecule has 0 fully saturated rings. The quantitative estimate of drug-likeness (QED) is 0.700. The molecular formula is C17H21N3O4S. The lowest BCUT2D eigenvalue weighted by molar-refractivity contribution is 0.174. The molecule has 2 heterocycles. The van der Waals surface area contributed by atoms with Gasteiger partial charge in [-0.3, -0.25) is 4.72 Å². The Bertz CT molecular complexity index is 822. The molecule has 2 aromatic rings. The number of benzene rings is 1. The number of nitrogens with zero attached hydrogens (tertiary/aromatic N) is 1. The number of hydrogen-bond acceptors (Lipinski definition) is 6. The Labute approximate surface area is 147 Å². The van der Waals surface area contributed by atoms with Gasteiger partial charge in [0.25, 0.3) is 10.0 Å². The van der Waals surface area contributed by atoms with E-state index in [1.54, 1.807) is 24.4 Å². The Morgan fingerprint density at radius 1 is 1.12 bits per heavy atom. The maximum absolute atomic E-state index is 12.5. The molecule has 8 heteroatoms. The number of anilines is 2. The van der Waals surface area contributed by atoms with Crippen LogP contribution in [0.15, 0.2) is 41.4 Å². The van der Waals surface area contributed by atoms with E-state index in [1.165, 1.54) is 25.0 Å². The van der Waals surface area contributed by atoms with E-state index >= 15 is 0 Å². The van der Waals surface area contributed by atoms with Crippen LogP contribution in [0.2, 0.25) is 0 Å². The monoisotopic (exact) mass is 363 g/mol. The zero-order valence-corrected chi connectivity index (χ0v) is 14.8. The van der Waals surface area contributed by atoms with Gasteiger partial charge in [-0.05, 0) is 30.7 Å². The summed E-state index contributed by atoms with van der Waals surface area (Å²) in [5.74, 6) is 1.22. The molecule has 25 heavy (non-hydrogen) atoms. The third kappa shape index (κ3) is 4.33. The fourth-order valence-corrected chi connectivity index (χ4v) is 3.43. The molecule has 0 unspecified atom stereocenters. The van der Waals surface area contributed by atoms with Crippen LogP contribution in [-0.2, 0) is 10.0 Å². The van der Waals surface area contributed by atoms with Gasteiger partial charge in [-0.1, -0.05) is 19.8 Å². The first-order valence-electron chi connectivity index (χ1n) is 8.21. The highest BCUT2D eigenvalue weighted by Crippen LogP contribution is 2.34. The minimum absolute atomic E-state index is 0.0975. The minimum Gasteiger partial charge on any atom is -0.454 e. The van der Waals surface area contributed by atoms with Crippen LogP contribution in [0.25, 0.3) is 0 Å². The number of sulfonamides is 1. The zero-order chi connectivity index (χ0) is 17.7. The number of pyridine rings is 1. The lowest BCUT2D eigenvalue weighted by Crippen LogP contribution is -2.14. The predicted molar refractivity (Wildman–Crippen MR) is 95.6 cm³/mol. The van der Waals surface area contributed by atoms with E-state index in [0.717, 1.165) is 18.7 Å². The topological polar surface area (TPSA) is 89.5 Å². The molecule has 134 valence electrons. The van der Waals surface area contributed by atoms with Crippen molar-refractivity contribution in [2.45, 2.75) is 31.1 Å². The maximum atomic E-state index is 12.5. The van der Waals surface area contributed by atoms with E-state index < -0.39 is 10.0 Å². The average Bonchev–Trinajstić information content (AvgIpc) is 3.07. The molecule has 0 aliphatic carbocycles. The highest BCUT2D eigenvalue weighted by molar-refractivity contribution is 7.92. The fraction of sp³-hybridized carbons (Fsp3) is 0.353. The van der Waals surface area contributed by atoms with Gasteiger partial charge in [-0.15, -0.1) is 0 Å². The molecule has 1 aromatic heterocycles. The number of ether oxygens (including phenoxy) is 2. The first-order valence-corrected chi connectivity index (χ1v) is 9.69. The Hall–Kier alpha value is -2.48. The summed E-state index contributed by atoms with van der Waals surface area (Å²) in [6.07, 6.45) is 5.05. The zero-order valence-electron chi connectivity index (χ0n) is 14.0. The van der Waals surface area contributed by atoms with Gasteiger partial charge in [0.1, 0.15) is 5.82 Å². The summed E-state index contributed by atoms with van der Waals surface area (Å²) in [4.78, 5) is 4.25. The number of nitrogens with one attached hydrogen (secondary N) is 2. The smallest absolute Gasteiger partial charge is 0.263 e. The summed E-state index contributed by atoms with van der Waals surface area (Å²) in [6, 6.07) is 7.92. The third-order valence-electron chi connectivity index (χ3n) is 3.77. The molecule has 0 saturated carbocycles.